The summed E-state index contributed by atoms with van der Waals surface area (Å²) in [6.45, 7) is 4.14. The molecule has 3 heteroatoms. The van der Waals surface area contributed by atoms with E-state index in [1.165, 1.54) is 12.1 Å². The van der Waals surface area contributed by atoms with Crippen LogP contribution < -0.4 is 5.32 Å². The molecule has 0 saturated heterocycles. The van der Waals surface area contributed by atoms with Crippen molar-refractivity contribution in [2.75, 3.05) is 7.05 Å². The van der Waals surface area contributed by atoms with Gasteiger partial charge >= 0.3 is 0 Å². The van der Waals surface area contributed by atoms with E-state index in [1.807, 2.05) is 7.05 Å². The van der Waals surface area contributed by atoms with Crippen LogP contribution in [-0.2, 0) is 6.42 Å². The molecule has 16 heavy (non-hydrogen) atoms. The van der Waals surface area contributed by atoms with E-state index in [1.54, 1.807) is 0 Å². The van der Waals surface area contributed by atoms with Crippen LogP contribution in [0.25, 0.3) is 0 Å². The van der Waals surface area contributed by atoms with Crippen LogP contribution in [0.4, 0.5) is 8.78 Å². The Morgan fingerprint density at radius 3 is 2.56 bits per heavy atom. The lowest BCUT2D eigenvalue weighted by atomic mass is 9.95. The molecule has 0 heterocycles. The van der Waals surface area contributed by atoms with Crippen molar-refractivity contribution in [3.63, 3.8) is 0 Å². The molecule has 0 bridgehead atoms. The van der Waals surface area contributed by atoms with E-state index >= 15 is 0 Å². The molecule has 0 aliphatic carbocycles. The molecule has 0 amide bonds. The van der Waals surface area contributed by atoms with E-state index in [0.29, 0.717) is 23.9 Å². The first-order chi connectivity index (χ1) is 7.52. The monoisotopic (exact) mass is 227 g/mol. The fourth-order valence-electron chi connectivity index (χ4n) is 1.88. The summed E-state index contributed by atoms with van der Waals surface area (Å²) in [5, 5.41) is 3.14. The maximum Gasteiger partial charge on any atom is 0.126 e. The lowest BCUT2D eigenvalue weighted by Crippen LogP contribution is -2.24. The molecule has 1 aromatic carbocycles. The predicted molar refractivity (Wildman–Crippen MR) is 62.4 cm³/mol. The molecule has 90 valence electrons. The zero-order valence-electron chi connectivity index (χ0n) is 10.1. The summed E-state index contributed by atoms with van der Waals surface area (Å²) < 4.78 is 26.3. The van der Waals surface area contributed by atoms with Crippen molar-refractivity contribution >= 4 is 0 Å². The fraction of sp³-hybridized carbons (Fsp3) is 0.538. The molecule has 1 nitrogen and oxygen atoms in total. The molecular weight excluding hydrogens is 208 g/mol. The van der Waals surface area contributed by atoms with Gasteiger partial charge in [-0.25, -0.2) is 8.78 Å². The lowest BCUT2D eigenvalue weighted by molar-refractivity contribution is 0.433. The van der Waals surface area contributed by atoms with Crippen LogP contribution in [0.15, 0.2) is 18.2 Å². The number of rotatable bonds is 5. The van der Waals surface area contributed by atoms with E-state index < -0.39 is 0 Å². The van der Waals surface area contributed by atoms with E-state index in [4.69, 9.17) is 0 Å². The minimum atomic E-state index is -0.370. The molecule has 2 atom stereocenters. The third-order valence-electron chi connectivity index (χ3n) is 2.82. The predicted octanol–water partition coefficient (Wildman–Crippen LogP) is 3.14. The first-order valence-electron chi connectivity index (χ1n) is 5.64. The third-order valence-corrected chi connectivity index (χ3v) is 2.82. The van der Waals surface area contributed by atoms with Crippen LogP contribution in [0.1, 0.15) is 25.8 Å². The van der Waals surface area contributed by atoms with Crippen molar-refractivity contribution in [3.05, 3.63) is 35.4 Å². The van der Waals surface area contributed by atoms with Crippen LogP contribution in [0.3, 0.4) is 0 Å². The Labute approximate surface area is 95.9 Å². The van der Waals surface area contributed by atoms with Gasteiger partial charge in [0.15, 0.2) is 0 Å². The minimum absolute atomic E-state index is 0.314. The summed E-state index contributed by atoms with van der Waals surface area (Å²) >= 11 is 0. The molecular formula is C13H19F2N. The second kappa shape index (κ2) is 5.94. The van der Waals surface area contributed by atoms with Crippen LogP contribution in [0.5, 0.6) is 0 Å². The van der Waals surface area contributed by atoms with Gasteiger partial charge in [0, 0.05) is 6.04 Å². The van der Waals surface area contributed by atoms with Gasteiger partial charge in [-0.3, -0.25) is 0 Å². The summed E-state index contributed by atoms with van der Waals surface area (Å²) in [5.74, 6) is -0.352. The van der Waals surface area contributed by atoms with Gasteiger partial charge in [0.25, 0.3) is 0 Å². The molecule has 1 N–H and O–H groups in total. The Morgan fingerprint density at radius 2 is 1.94 bits per heavy atom. The molecule has 1 aromatic rings. The number of halogens is 2. The van der Waals surface area contributed by atoms with Gasteiger partial charge in [0.2, 0.25) is 0 Å². The van der Waals surface area contributed by atoms with Gasteiger partial charge < -0.3 is 5.32 Å². The zero-order chi connectivity index (χ0) is 12.1. The lowest BCUT2D eigenvalue weighted by Gasteiger charge is -2.17. The highest BCUT2D eigenvalue weighted by Gasteiger charge is 2.11. The molecule has 0 fully saturated rings. The fourth-order valence-corrected chi connectivity index (χ4v) is 1.88. The third kappa shape index (κ3) is 3.89. The number of hydrogen-bond donors (Lipinski definition) is 1. The minimum Gasteiger partial charge on any atom is -0.317 e. The SMILES string of the molecule is CNC(C)CC(C)Cc1cc(F)ccc1F. The van der Waals surface area contributed by atoms with Crippen LogP contribution in [-0.4, -0.2) is 13.1 Å². The molecule has 0 spiro atoms. The molecule has 1 rings (SSSR count). The normalized spacial score (nSPS) is 14.8. The zero-order valence-corrected chi connectivity index (χ0v) is 10.1. The highest BCUT2D eigenvalue weighted by atomic mass is 19.1. The number of nitrogens with one attached hydrogen (secondary N) is 1. The quantitative estimate of drug-likeness (QED) is 0.814. The van der Waals surface area contributed by atoms with Gasteiger partial charge in [-0.15, -0.1) is 0 Å². The van der Waals surface area contributed by atoms with Gasteiger partial charge in [-0.2, -0.15) is 0 Å². The van der Waals surface area contributed by atoms with Crippen molar-refractivity contribution in [3.8, 4) is 0 Å². The number of benzene rings is 1. The standard InChI is InChI=1S/C13H19F2N/c1-9(6-10(2)16-3)7-11-8-12(14)4-5-13(11)15/h4-5,8-10,16H,6-7H2,1-3H3. The first kappa shape index (κ1) is 13.1. The maximum absolute atomic E-state index is 13.4. The van der Waals surface area contributed by atoms with E-state index in [9.17, 15) is 8.78 Å². The van der Waals surface area contributed by atoms with Crippen molar-refractivity contribution in [2.45, 2.75) is 32.7 Å². The first-order valence-corrected chi connectivity index (χ1v) is 5.64. The molecule has 0 aliphatic rings. The number of hydrogen-bond acceptors (Lipinski definition) is 1. The Hall–Kier alpha value is -0.960. The second-order valence-corrected chi connectivity index (χ2v) is 4.47. The van der Waals surface area contributed by atoms with E-state index in [-0.39, 0.29) is 11.6 Å². The van der Waals surface area contributed by atoms with Crippen molar-refractivity contribution in [2.24, 2.45) is 5.92 Å². The van der Waals surface area contributed by atoms with Crippen molar-refractivity contribution in [1.29, 1.82) is 0 Å². The van der Waals surface area contributed by atoms with Gasteiger partial charge in [0.1, 0.15) is 11.6 Å². The summed E-state index contributed by atoms with van der Waals surface area (Å²) in [6.07, 6.45) is 1.53. The topological polar surface area (TPSA) is 12.0 Å². The molecule has 0 radical (unpaired) electrons. The van der Waals surface area contributed by atoms with Gasteiger partial charge in [0.05, 0.1) is 0 Å². The van der Waals surface area contributed by atoms with Crippen LogP contribution >= 0.6 is 0 Å². The summed E-state index contributed by atoms with van der Waals surface area (Å²) in [5.41, 5.74) is 0.468. The Bertz CT molecular complexity index is 339. The van der Waals surface area contributed by atoms with Crippen molar-refractivity contribution < 1.29 is 8.78 Å². The average molecular weight is 227 g/mol. The molecule has 0 saturated carbocycles. The molecule has 0 aromatic heterocycles. The Morgan fingerprint density at radius 1 is 1.25 bits per heavy atom. The second-order valence-electron chi connectivity index (χ2n) is 4.47. The van der Waals surface area contributed by atoms with Crippen LogP contribution in [0.2, 0.25) is 0 Å². The van der Waals surface area contributed by atoms with Crippen molar-refractivity contribution in [1.82, 2.24) is 5.32 Å². The smallest absolute Gasteiger partial charge is 0.126 e. The highest BCUT2D eigenvalue weighted by Crippen LogP contribution is 2.17. The highest BCUT2D eigenvalue weighted by molar-refractivity contribution is 5.19. The van der Waals surface area contributed by atoms with Gasteiger partial charge in [-0.1, -0.05) is 6.92 Å². The average Bonchev–Trinajstić information content (AvgIpc) is 2.23. The Balaban J connectivity index is 2.61. The van der Waals surface area contributed by atoms with Gasteiger partial charge in [-0.05, 0) is 56.5 Å². The van der Waals surface area contributed by atoms with E-state index in [2.05, 4.69) is 19.2 Å². The summed E-state index contributed by atoms with van der Waals surface area (Å²) in [4.78, 5) is 0. The van der Waals surface area contributed by atoms with Crippen LogP contribution in [0, 0.1) is 17.6 Å². The Kier molecular flexibility index (Phi) is 4.87. The summed E-state index contributed by atoms with van der Waals surface area (Å²) in [6, 6.07) is 4.03. The molecule has 2 unspecified atom stereocenters. The largest absolute Gasteiger partial charge is 0.317 e. The molecule has 0 aliphatic heterocycles. The summed E-state index contributed by atoms with van der Waals surface area (Å²) in [7, 11) is 1.90. The maximum atomic E-state index is 13.4. The van der Waals surface area contributed by atoms with E-state index in [0.717, 1.165) is 12.5 Å².